The Balaban J connectivity index is 4.12. The summed E-state index contributed by atoms with van der Waals surface area (Å²) in [5, 5.41) is 3.59. The van der Waals surface area contributed by atoms with Crippen molar-refractivity contribution in [3.63, 3.8) is 0 Å². The normalized spacial score (nSPS) is 15.5. The van der Waals surface area contributed by atoms with Crippen LogP contribution in [-0.4, -0.2) is 49.1 Å². The van der Waals surface area contributed by atoms with Gasteiger partial charge in [-0.1, -0.05) is 27.7 Å². The third-order valence-electron chi connectivity index (χ3n) is 3.39. The van der Waals surface area contributed by atoms with Crippen molar-refractivity contribution < 1.29 is 0 Å². The van der Waals surface area contributed by atoms with E-state index >= 15 is 0 Å². The van der Waals surface area contributed by atoms with E-state index in [0.29, 0.717) is 6.04 Å². The van der Waals surface area contributed by atoms with Crippen LogP contribution in [0.3, 0.4) is 0 Å². The molecular weight excluding hydrogens is 228 g/mol. The Hall–Kier alpha value is 0.270. The molecule has 104 valence electrons. The molecule has 0 saturated heterocycles. The van der Waals surface area contributed by atoms with E-state index in [9.17, 15) is 0 Å². The zero-order valence-corrected chi connectivity index (χ0v) is 13.4. The highest BCUT2D eigenvalue weighted by molar-refractivity contribution is 7.98. The molecule has 0 spiro atoms. The van der Waals surface area contributed by atoms with Crippen molar-refractivity contribution in [3.05, 3.63) is 0 Å². The molecule has 0 aromatic carbocycles. The van der Waals surface area contributed by atoms with Gasteiger partial charge in [0.05, 0.1) is 0 Å². The number of hydrogen-bond acceptors (Lipinski definition) is 3. The number of rotatable bonds is 10. The SMILES string of the molecule is CCC(CNCC(C)C)N(C)C(CC)CSC. The average Bonchev–Trinajstić information content (AvgIpc) is 2.30. The molecule has 0 aliphatic rings. The van der Waals surface area contributed by atoms with Crippen molar-refractivity contribution in [3.8, 4) is 0 Å². The summed E-state index contributed by atoms with van der Waals surface area (Å²) in [5.41, 5.74) is 0. The molecule has 3 heteroatoms. The highest BCUT2D eigenvalue weighted by Crippen LogP contribution is 2.13. The van der Waals surface area contributed by atoms with Crippen molar-refractivity contribution >= 4 is 11.8 Å². The average molecular weight is 260 g/mol. The molecule has 0 fully saturated rings. The maximum atomic E-state index is 3.59. The van der Waals surface area contributed by atoms with Gasteiger partial charge in [-0.05, 0) is 38.6 Å². The lowest BCUT2D eigenvalue weighted by molar-refractivity contribution is 0.173. The second kappa shape index (κ2) is 10.2. The first kappa shape index (κ1) is 17.3. The summed E-state index contributed by atoms with van der Waals surface area (Å²) in [6.07, 6.45) is 4.68. The van der Waals surface area contributed by atoms with Gasteiger partial charge in [0.2, 0.25) is 0 Å². The molecule has 0 radical (unpaired) electrons. The smallest absolute Gasteiger partial charge is 0.0218 e. The van der Waals surface area contributed by atoms with E-state index in [0.717, 1.165) is 25.0 Å². The minimum absolute atomic E-state index is 0.672. The van der Waals surface area contributed by atoms with Crippen molar-refractivity contribution in [2.24, 2.45) is 5.92 Å². The molecule has 0 aliphatic carbocycles. The van der Waals surface area contributed by atoms with Crippen LogP contribution >= 0.6 is 11.8 Å². The Morgan fingerprint density at radius 3 is 2.06 bits per heavy atom. The van der Waals surface area contributed by atoms with Gasteiger partial charge in [0.1, 0.15) is 0 Å². The van der Waals surface area contributed by atoms with E-state index in [2.05, 4.69) is 51.2 Å². The lowest BCUT2D eigenvalue weighted by atomic mass is 10.1. The molecule has 0 saturated carbocycles. The Bertz CT molecular complexity index is 174. The van der Waals surface area contributed by atoms with Crippen molar-refractivity contribution in [2.45, 2.75) is 52.6 Å². The highest BCUT2D eigenvalue weighted by Gasteiger charge is 2.19. The lowest BCUT2D eigenvalue weighted by Gasteiger charge is -2.34. The third kappa shape index (κ3) is 7.32. The predicted octanol–water partition coefficient (Wildman–Crippen LogP) is 3.08. The summed E-state index contributed by atoms with van der Waals surface area (Å²) < 4.78 is 0. The van der Waals surface area contributed by atoms with E-state index in [-0.39, 0.29) is 0 Å². The van der Waals surface area contributed by atoms with Gasteiger partial charge in [-0.3, -0.25) is 4.90 Å². The summed E-state index contributed by atoms with van der Waals surface area (Å²) in [5.74, 6) is 1.99. The minimum atomic E-state index is 0.672. The summed E-state index contributed by atoms with van der Waals surface area (Å²) in [6.45, 7) is 11.4. The largest absolute Gasteiger partial charge is 0.315 e. The fourth-order valence-electron chi connectivity index (χ4n) is 2.13. The fourth-order valence-corrected chi connectivity index (χ4v) is 2.98. The summed E-state index contributed by atoms with van der Waals surface area (Å²) in [7, 11) is 2.29. The number of nitrogens with zero attached hydrogens (tertiary/aromatic N) is 1. The van der Waals surface area contributed by atoms with Crippen LogP contribution in [0.4, 0.5) is 0 Å². The zero-order valence-electron chi connectivity index (χ0n) is 12.6. The maximum Gasteiger partial charge on any atom is 0.0218 e. The van der Waals surface area contributed by atoms with Gasteiger partial charge in [-0.2, -0.15) is 11.8 Å². The van der Waals surface area contributed by atoms with Crippen LogP contribution in [0.15, 0.2) is 0 Å². The van der Waals surface area contributed by atoms with Crippen LogP contribution in [0.1, 0.15) is 40.5 Å². The van der Waals surface area contributed by atoms with E-state index < -0.39 is 0 Å². The Labute approximate surface area is 113 Å². The quantitative estimate of drug-likeness (QED) is 0.650. The Morgan fingerprint density at radius 2 is 1.65 bits per heavy atom. The second-order valence-electron chi connectivity index (χ2n) is 5.30. The molecular formula is C14H32N2S. The first-order valence-electron chi connectivity index (χ1n) is 6.98. The molecule has 0 aliphatic heterocycles. The van der Waals surface area contributed by atoms with Crippen LogP contribution in [0.25, 0.3) is 0 Å². The van der Waals surface area contributed by atoms with E-state index in [1.807, 2.05) is 11.8 Å². The monoisotopic (exact) mass is 260 g/mol. The first-order valence-corrected chi connectivity index (χ1v) is 8.37. The number of hydrogen-bond donors (Lipinski definition) is 1. The summed E-state index contributed by atoms with van der Waals surface area (Å²) in [6, 6.07) is 1.39. The van der Waals surface area contributed by atoms with Gasteiger partial charge in [0, 0.05) is 24.4 Å². The van der Waals surface area contributed by atoms with Crippen molar-refractivity contribution in [1.82, 2.24) is 10.2 Å². The van der Waals surface area contributed by atoms with Gasteiger partial charge in [-0.25, -0.2) is 0 Å². The summed E-state index contributed by atoms with van der Waals surface area (Å²) >= 11 is 1.96. The molecule has 1 N–H and O–H groups in total. The molecule has 0 bridgehead atoms. The van der Waals surface area contributed by atoms with Crippen LogP contribution in [-0.2, 0) is 0 Å². The van der Waals surface area contributed by atoms with Crippen LogP contribution in [0.5, 0.6) is 0 Å². The molecule has 0 aromatic heterocycles. The fraction of sp³-hybridized carbons (Fsp3) is 1.00. The molecule has 0 rings (SSSR count). The molecule has 0 heterocycles. The van der Waals surface area contributed by atoms with E-state index in [1.54, 1.807) is 0 Å². The van der Waals surface area contributed by atoms with Gasteiger partial charge in [-0.15, -0.1) is 0 Å². The van der Waals surface area contributed by atoms with Crippen LogP contribution in [0, 0.1) is 5.92 Å². The van der Waals surface area contributed by atoms with E-state index in [1.165, 1.54) is 18.6 Å². The standard InChI is InChI=1S/C14H32N2S/c1-7-13(10-15-9-12(3)4)16(5)14(8-2)11-17-6/h12-15H,7-11H2,1-6H3. The molecule has 17 heavy (non-hydrogen) atoms. The zero-order chi connectivity index (χ0) is 13.3. The lowest BCUT2D eigenvalue weighted by Crippen LogP contribution is -2.46. The van der Waals surface area contributed by atoms with Gasteiger partial charge in [0.25, 0.3) is 0 Å². The maximum absolute atomic E-state index is 3.59. The van der Waals surface area contributed by atoms with Gasteiger partial charge >= 0.3 is 0 Å². The van der Waals surface area contributed by atoms with Crippen molar-refractivity contribution in [2.75, 3.05) is 32.1 Å². The third-order valence-corrected chi connectivity index (χ3v) is 4.10. The molecule has 0 aromatic rings. The molecule has 2 unspecified atom stereocenters. The Morgan fingerprint density at radius 1 is 1.06 bits per heavy atom. The van der Waals surface area contributed by atoms with Gasteiger partial charge in [0.15, 0.2) is 0 Å². The molecule has 2 atom stereocenters. The Kier molecular flexibility index (Phi) is 10.4. The second-order valence-corrected chi connectivity index (χ2v) is 6.21. The number of nitrogens with one attached hydrogen (secondary N) is 1. The number of likely N-dealkylation sites (N-methyl/N-ethyl adjacent to an activating group) is 1. The molecule has 0 amide bonds. The van der Waals surface area contributed by atoms with Crippen molar-refractivity contribution in [1.29, 1.82) is 0 Å². The number of thioether (sulfide) groups is 1. The topological polar surface area (TPSA) is 15.3 Å². The first-order chi connectivity index (χ1) is 8.06. The summed E-state index contributed by atoms with van der Waals surface area (Å²) in [4.78, 5) is 2.57. The van der Waals surface area contributed by atoms with Crippen LogP contribution < -0.4 is 5.32 Å². The molecule has 2 nitrogen and oxygen atoms in total. The van der Waals surface area contributed by atoms with Gasteiger partial charge < -0.3 is 5.32 Å². The minimum Gasteiger partial charge on any atom is -0.315 e. The predicted molar refractivity (Wildman–Crippen MR) is 82.0 cm³/mol. The highest BCUT2D eigenvalue weighted by atomic mass is 32.2. The van der Waals surface area contributed by atoms with Crippen LogP contribution in [0.2, 0.25) is 0 Å². The van der Waals surface area contributed by atoms with E-state index in [4.69, 9.17) is 0 Å².